The number of hydrogen-bond donors (Lipinski definition) is 0. The maximum atomic E-state index is 5.78. The van der Waals surface area contributed by atoms with Gasteiger partial charge in [-0.3, -0.25) is 0 Å². The monoisotopic (exact) mass is 234 g/mol. The van der Waals surface area contributed by atoms with Crippen molar-refractivity contribution in [1.82, 2.24) is 0 Å². The Kier molecular flexibility index (Phi) is 3.82. The van der Waals surface area contributed by atoms with E-state index in [1.165, 1.54) is 0 Å². The van der Waals surface area contributed by atoms with Gasteiger partial charge in [-0.1, -0.05) is 24.3 Å². The van der Waals surface area contributed by atoms with Crippen LogP contribution in [0.25, 0.3) is 6.08 Å². The van der Waals surface area contributed by atoms with Gasteiger partial charge in [-0.2, -0.15) is 0 Å². The summed E-state index contributed by atoms with van der Waals surface area (Å²) in [6.45, 7) is 4.47. The van der Waals surface area contributed by atoms with Crippen LogP contribution < -0.4 is 0 Å². The van der Waals surface area contributed by atoms with Crippen molar-refractivity contribution in [3.05, 3.63) is 41.2 Å². The normalized spacial score (nSPS) is 18.6. The lowest BCUT2D eigenvalue weighted by Gasteiger charge is -2.28. The van der Waals surface area contributed by atoms with Gasteiger partial charge in [-0.15, -0.1) is 0 Å². The van der Waals surface area contributed by atoms with Crippen LogP contribution in [0.3, 0.4) is 0 Å². The molecule has 1 atom stereocenters. The van der Waals surface area contributed by atoms with Crippen molar-refractivity contribution < 1.29 is 14.2 Å². The van der Waals surface area contributed by atoms with Gasteiger partial charge in [0, 0.05) is 12.7 Å². The number of ether oxygens (including phenoxy) is 3. The molecule has 92 valence electrons. The molecule has 0 fully saturated rings. The highest BCUT2D eigenvalue weighted by Gasteiger charge is 2.23. The van der Waals surface area contributed by atoms with Crippen LogP contribution in [0.5, 0.6) is 0 Å². The smallest absolute Gasteiger partial charge is 0.227 e. The highest BCUT2D eigenvalue weighted by Crippen LogP contribution is 2.32. The Balaban J connectivity index is 2.28. The molecule has 0 N–H and O–H groups in total. The Bertz CT molecular complexity index is 410. The number of rotatable bonds is 4. The molecular formula is C14H18O3. The van der Waals surface area contributed by atoms with Gasteiger partial charge in [0.15, 0.2) is 0 Å². The highest BCUT2D eigenvalue weighted by molar-refractivity contribution is 5.58. The van der Waals surface area contributed by atoms with Crippen LogP contribution in [0.2, 0.25) is 0 Å². The molecular weight excluding hydrogens is 216 g/mol. The van der Waals surface area contributed by atoms with E-state index in [2.05, 4.69) is 6.07 Å². The van der Waals surface area contributed by atoms with E-state index in [0.717, 1.165) is 16.9 Å². The largest absolute Gasteiger partial charge is 0.462 e. The molecule has 1 aliphatic rings. The maximum Gasteiger partial charge on any atom is 0.227 e. The average Bonchev–Trinajstić information content (AvgIpc) is 2.29. The SMILES string of the molecule is COCC1=Cc2ccccc2C(OC(C)C)O1. The molecule has 1 aromatic rings. The summed E-state index contributed by atoms with van der Waals surface area (Å²) in [7, 11) is 1.66. The van der Waals surface area contributed by atoms with E-state index in [0.29, 0.717) is 6.61 Å². The third-order valence-electron chi connectivity index (χ3n) is 2.51. The number of fused-ring (bicyclic) bond motifs is 1. The topological polar surface area (TPSA) is 27.7 Å². The van der Waals surface area contributed by atoms with Crippen molar-refractivity contribution in [2.45, 2.75) is 26.2 Å². The molecule has 3 nitrogen and oxygen atoms in total. The van der Waals surface area contributed by atoms with Crippen LogP contribution in [0.15, 0.2) is 30.0 Å². The average molecular weight is 234 g/mol. The fourth-order valence-electron chi connectivity index (χ4n) is 1.83. The summed E-state index contributed by atoms with van der Waals surface area (Å²) in [4.78, 5) is 0. The second-order valence-corrected chi connectivity index (χ2v) is 4.31. The first-order chi connectivity index (χ1) is 8.20. The predicted molar refractivity (Wildman–Crippen MR) is 66.3 cm³/mol. The van der Waals surface area contributed by atoms with Gasteiger partial charge in [0.25, 0.3) is 0 Å². The molecule has 0 saturated heterocycles. The Labute approximate surface area is 102 Å². The second kappa shape index (κ2) is 5.34. The molecule has 2 rings (SSSR count). The molecule has 0 bridgehead atoms. The third kappa shape index (κ3) is 2.87. The van der Waals surface area contributed by atoms with Crippen molar-refractivity contribution in [2.24, 2.45) is 0 Å². The number of benzene rings is 1. The molecule has 17 heavy (non-hydrogen) atoms. The van der Waals surface area contributed by atoms with Crippen molar-refractivity contribution in [3.63, 3.8) is 0 Å². The zero-order valence-corrected chi connectivity index (χ0v) is 10.5. The van der Waals surface area contributed by atoms with E-state index in [9.17, 15) is 0 Å². The lowest BCUT2D eigenvalue weighted by molar-refractivity contribution is -0.150. The van der Waals surface area contributed by atoms with E-state index >= 15 is 0 Å². The molecule has 1 aromatic carbocycles. The third-order valence-corrected chi connectivity index (χ3v) is 2.51. The first-order valence-electron chi connectivity index (χ1n) is 5.81. The predicted octanol–water partition coefficient (Wildman–Crippen LogP) is 3.13. The molecule has 1 unspecified atom stereocenters. The summed E-state index contributed by atoms with van der Waals surface area (Å²) < 4.78 is 16.7. The molecule has 1 aliphatic heterocycles. The summed E-state index contributed by atoms with van der Waals surface area (Å²) in [6, 6.07) is 8.10. The quantitative estimate of drug-likeness (QED) is 0.801. The fourth-order valence-corrected chi connectivity index (χ4v) is 1.83. The van der Waals surface area contributed by atoms with Gasteiger partial charge in [0.2, 0.25) is 6.29 Å². The summed E-state index contributed by atoms with van der Waals surface area (Å²) in [5, 5.41) is 0. The minimum atomic E-state index is -0.332. The Morgan fingerprint density at radius 2 is 2.06 bits per heavy atom. The van der Waals surface area contributed by atoms with Gasteiger partial charge in [0.1, 0.15) is 12.4 Å². The van der Waals surface area contributed by atoms with Gasteiger partial charge >= 0.3 is 0 Å². The second-order valence-electron chi connectivity index (χ2n) is 4.31. The maximum absolute atomic E-state index is 5.78. The van der Waals surface area contributed by atoms with Crippen LogP contribution in [-0.2, 0) is 14.2 Å². The first kappa shape index (κ1) is 12.1. The zero-order valence-electron chi connectivity index (χ0n) is 10.5. The Morgan fingerprint density at radius 1 is 1.29 bits per heavy atom. The standard InChI is InChI=1S/C14H18O3/c1-10(2)16-14-13-7-5-4-6-11(13)8-12(17-14)9-15-3/h4-8,10,14H,9H2,1-3H3. The van der Waals surface area contributed by atoms with E-state index in [4.69, 9.17) is 14.2 Å². The Morgan fingerprint density at radius 3 is 2.76 bits per heavy atom. The zero-order chi connectivity index (χ0) is 12.3. The van der Waals surface area contributed by atoms with E-state index < -0.39 is 0 Å². The molecule has 0 radical (unpaired) electrons. The molecule has 0 spiro atoms. The van der Waals surface area contributed by atoms with Crippen molar-refractivity contribution in [3.8, 4) is 0 Å². The summed E-state index contributed by atoms with van der Waals surface area (Å²) in [5.41, 5.74) is 2.21. The first-order valence-corrected chi connectivity index (χ1v) is 5.81. The van der Waals surface area contributed by atoms with Crippen LogP contribution in [-0.4, -0.2) is 19.8 Å². The van der Waals surface area contributed by atoms with Crippen LogP contribution >= 0.6 is 0 Å². The molecule has 0 aliphatic carbocycles. The molecule has 0 aromatic heterocycles. The molecule has 0 amide bonds. The van der Waals surface area contributed by atoms with Gasteiger partial charge < -0.3 is 14.2 Å². The Hall–Kier alpha value is -1.32. The van der Waals surface area contributed by atoms with Crippen molar-refractivity contribution in [1.29, 1.82) is 0 Å². The summed E-state index contributed by atoms with van der Waals surface area (Å²) >= 11 is 0. The van der Waals surface area contributed by atoms with E-state index in [1.807, 2.05) is 38.1 Å². The van der Waals surface area contributed by atoms with Crippen LogP contribution in [0.4, 0.5) is 0 Å². The highest BCUT2D eigenvalue weighted by atomic mass is 16.7. The molecule has 0 saturated carbocycles. The summed E-state index contributed by atoms with van der Waals surface area (Å²) in [5.74, 6) is 0.803. The fraction of sp³-hybridized carbons (Fsp3) is 0.429. The van der Waals surface area contributed by atoms with Gasteiger partial charge in [-0.25, -0.2) is 0 Å². The van der Waals surface area contributed by atoms with Crippen LogP contribution in [0.1, 0.15) is 31.3 Å². The van der Waals surface area contributed by atoms with Gasteiger partial charge in [-0.05, 0) is 25.5 Å². The van der Waals surface area contributed by atoms with E-state index in [1.54, 1.807) is 7.11 Å². The lowest BCUT2D eigenvalue weighted by Crippen LogP contribution is -2.19. The van der Waals surface area contributed by atoms with Crippen LogP contribution in [0, 0.1) is 0 Å². The number of methoxy groups -OCH3 is 1. The minimum Gasteiger partial charge on any atom is -0.462 e. The lowest BCUT2D eigenvalue weighted by atomic mass is 10.0. The van der Waals surface area contributed by atoms with Crippen molar-refractivity contribution >= 4 is 6.08 Å². The number of hydrogen-bond acceptors (Lipinski definition) is 3. The molecule has 3 heteroatoms. The minimum absolute atomic E-state index is 0.120. The summed E-state index contributed by atoms with van der Waals surface area (Å²) in [6.07, 6.45) is 1.79. The molecule has 1 heterocycles. The van der Waals surface area contributed by atoms with E-state index in [-0.39, 0.29) is 12.4 Å². The van der Waals surface area contributed by atoms with Gasteiger partial charge in [0.05, 0.1) is 6.10 Å². The van der Waals surface area contributed by atoms with Crippen molar-refractivity contribution in [2.75, 3.05) is 13.7 Å².